The predicted octanol–water partition coefficient (Wildman–Crippen LogP) is 2.85. The average Bonchev–Trinajstić information content (AvgIpc) is 2.95. The number of carbonyl (C=O) groups excluding carboxylic acids is 2. The second-order valence-corrected chi connectivity index (χ2v) is 6.44. The third-order valence-electron chi connectivity index (χ3n) is 4.11. The van der Waals surface area contributed by atoms with Gasteiger partial charge in [-0.15, -0.1) is 11.3 Å². The van der Waals surface area contributed by atoms with Crippen molar-refractivity contribution in [2.75, 3.05) is 6.61 Å². The standard InChI is InChI=1S/C15H21NO3S/c1-10-5-3-6-12(11(10)2)16-14(17)9-19-15(18)13-7-4-8-20-13/h4,7-8,10-12H,3,5-6,9H2,1-2H3,(H,16,17)/t10-,11+,12+/m1/s1. The topological polar surface area (TPSA) is 55.4 Å². The van der Waals surface area contributed by atoms with E-state index in [0.717, 1.165) is 12.8 Å². The zero-order chi connectivity index (χ0) is 14.5. The van der Waals surface area contributed by atoms with Crippen LogP contribution in [0.5, 0.6) is 0 Å². The van der Waals surface area contributed by atoms with E-state index in [2.05, 4.69) is 19.2 Å². The van der Waals surface area contributed by atoms with Gasteiger partial charge in [0, 0.05) is 6.04 Å². The Kier molecular flexibility index (Phi) is 5.17. The normalized spacial score (nSPS) is 26.0. The fourth-order valence-corrected chi connectivity index (χ4v) is 3.25. The quantitative estimate of drug-likeness (QED) is 0.869. The van der Waals surface area contributed by atoms with Crippen LogP contribution in [0.2, 0.25) is 0 Å². The SMILES string of the molecule is C[C@H]1[C@H](C)CCC[C@@H]1NC(=O)COC(=O)c1cccs1. The average molecular weight is 295 g/mol. The summed E-state index contributed by atoms with van der Waals surface area (Å²) in [6, 6.07) is 3.68. The molecular formula is C15H21NO3S. The lowest BCUT2D eigenvalue weighted by Crippen LogP contribution is -2.45. The van der Waals surface area contributed by atoms with E-state index in [0.29, 0.717) is 16.7 Å². The minimum Gasteiger partial charge on any atom is -0.451 e. The summed E-state index contributed by atoms with van der Waals surface area (Å²) in [5.74, 6) is 0.462. The van der Waals surface area contributed by atoms with Crippen LogP contribution in [0, 0.1) is 11.8 Å². The second-order valence-electron chi connectivity index (χ2n) is 5.49. The van der Waals surface area contributed by atoms with Gasteiger partial charge >= 0.3 is 5.97 Å². The smallest absolute Gasteiger partial charge is 0.348 e. The Morgan fingerprint density at radius 2 is 2.20 bits per heavy atom. The van der Waals surface area contributed by atoms with Gasteiger partial charge in [0.05, 0.1) is 0 Å². The molecule has 0 unspecified atom stereocenters. The number of carbonyl (C=O) groups is 2. The third kappa shape index (κ3) is 3.82. The molecule has 2 rings (SSSR count). The Balaban J connectivity index is 1.76. The van der Waals surface area contributed by atoms with Gasteiger partial charge in [-0.2, -0.15) is 0 Å². The zero-order valence-corrected chi connectivity index (χ0v) is 12.7. The van der Waals surface area contributed by atoms with Gasteiger partial charge in [-0.05, 0) is 29.7 Å². The van der Waals surface area contributed by atoms with Crippen LogP contribution >= 0.6 is 11.3 Å². The molecule has 0 saturated heterocycles. The lowest BCUT2D eigenvalue weighted by Gasteiger charge is -2.34. The molecule has 1 aromatic heterocycles. The molecule has 3 atom stereocenters. The van der Waals surface area contributed by atoms with E-state index in [1.807, 2.05) is 5.38 Å². The Hall–Kier alpha value is -1.36. The van der Waals surface area contributed by atoms with Crippen molar-refractivity contribution in [2.45, 2.75) is 39.2 Å². The summed E-state index contributed by atoms with van der Waals surface area (Å²) < 4.78 is 5.01. The van der Waals surface area contributed by atoms with E-state index >= 15 is 0 Å². The van der Waals surface area contributed by atoms with Crippen LogP contribution in [0.15, 0.2) is 17.5 Å². The predicted molar refractivity (Wildman–Crippen MR) is 78.7 cm³/mol. The van der Waals surface area contributed by atoms with Crippen molar-refractivity contribution in [3.05, 3.63) is 22.4 Å². The highest BCUT2D eigenvalue weighted by atomic mass is 32.1. The number of rotatable bonds is 4. The molecule has 1 aliphatic rings. The van der Waals surface area contributed by atoms with Gasteiger partial charge in [-0.3, -0.25) is 4.79 Å². The lowest BCUT2D eigenvalue weighted by molar-refractivity contribution is -0.125. The number of ether oxygens (including phenoxy) is 1. The van der Waals surface area contributed by atoms with E-state index in [1.54, 1.807) is 12.1 Å². The van der Waals surface area contributed by atoms with Gasteiger partial charge in [0.15, 0.2) is 6.61 Å². The minimum atomic E-state index is -0.430. The summed E-state index contributed by atoms with van der Waals surface area (Å²) >= 11 is 1.31. The molecular weight excluding hydrogens is 274 g/mol. The van der Waals surface area contributed by atoms with Crippen molar-refractivity contribution in [3.63, 3.8) is 0 Å². The Labute approximate surface area is 123 Å². The van der Waals surface area contributed by atoms with Crippen LogP contribution in [0.25, 0.3) is 0 Å². The maximum absolute atomic E-state index is 11.9. The lowest BCUT2D eigenvalue weighted by atomic mass is 9.78. The van der Waals surface area contributed by atoms with Crippen molar-refractivity contribution in [2.24, 2.45) is 11.8 Å². The molecule has 4 nitrogen and oxygen atoms in total. The molecule has 0 bridgehead atoms. The highest BCUT2D eigenvalue weighted by molar-refractivity contribution is 7.11. The molecule has 1 aliphatic carbocycles. The first kappa shape index (κ1) is 15.0. The van der Waals surface area contributed by atoms with Crippen LogP contribution in [-0.4, -0.2) is 24.5 Å². The summed E-state index contributed by atoms with van der Waals surface area (Å²) in [6.45, 7) is 4.20. The van der Waals surface area contributed by atoms with Crippen molar-refractivity contribution < 1.29 is 14.3 Å². The number of nitrogens with one attached hydrogen (secondary N) is 1. The maximum Gasteiger partial charge on any atom is 0.348 e. The molecule has 0 aliphatic heterocycles. The molecule has 110 valence electrons. The maximum atomic E-state index is 11.9. The number of hydrogen-bond donors (Lipinski definition) is 1. The fourth-order valence-electron chi connectivity index (χ4n) is 2.63. The third-order valence-corrected chi connectivity index (χ3v) is 4.96. The Bertz CT molecular complexity index is 458. The van der Waals surface area contributed by atoms with E-state index < -0.39 is 5.97 Å². The highest BCUT2D eigenvalue weighted by Gasteiger charge is 2.28. The summed E-state index contributed by atoms with van der Waals surface area (Å²) in [6.07, 6.45) is 3.38. The van der Waals surface area contributed by atoms with Gasteiger partial charge in [0.25, 0.3) is 5.91 Å². The zero-order valence-electron chi connectivity index (χ0n) is 11.9. The van der Waals surface area contributed by atoms with Gasteiger partial charge in [-0.1, -0.05) is 32.8 Å². The largest absolute Gasteiger partial charge is 0.451 e. The van der Waals surface area contributed by atoms with Gasteiger partial charge in [0.1, 0.15) is 4.88 Å². The molecule has 20 heavy (non-hydrogen) atoms. The van der Waals surface area contributed by atoms with Crippen molar-refractivity contribution in [1.29, 1.82) is 0 Å². The first-order valence-electron chi connectivity index (χ1n) is 7.08. The molecule has 5 heteroatoms. The summed E-state index contributed by atoms with van der Waals surface area (Å²) in [5, 5.41) is 4.79. The minimum absolute atomic E-state index is 0.200. The summed E-state index contributed by atoms with van der Waals surface area (Å²) in [4.78, 5) is 24.0. The van der Waals surface area contributed by atoms with E-state index in [1.165, 1.54) is 17.8 Å². The molecule has 1 heterocycles. The molecule has 1 amide bonds. The molecule has 0 radical (unpaired) electrons. The first-order chi connectivity index (χ1) is 9.58. The second kappa shape index (κ2) is 6.88. The van der Waals surface area contributed by atoms with Crippen molar-refractivity contribution in [1.82, 2.24) is 5.32 Å². The first-order valence-corrected chi connectivity index (χ1v) is 7.96. The van der Waals surface area contributed by atoms with E-state index in [-0.39, 0.29) is 18.6 Å². The number of amides is 1. The molecule has 1 N–H and O–H groups in total. The molecule has 1 aromatic rings. The highest BCUT2D eigenvalue weighted by Crippen LogP contribution is 2.29. The van der Waals surface area contributed by atoms with Crippen molar-refractivity contribution in [3.8, 4) is 0 Å². The summed E-state index contributed by atoms with van der Waals surface area (Å²) in [5.41, 5.74) is 0. The number of esters is 1. The molecule has 1 fully saturated rings. The summed E-state index contributed by atoms with van der Waals surface area (Å²) in [7, 11) is 0. The monoisotopic (exact) mass is 295 g/mol. The van der Waals surface area contributed by atoms with Crippen LogP contribution < -0.4 is 5.32 Å². The number of hydrogen-bond acceptors (Lipinski definition) is 4. The van der Waals surface area contributed by atoms with Crippen molar-refractivity contribution >= 4 is 23.2 Å². The van der Waals surface area contributed by atoms with Gasteiger partial charge in [0.2, 0.25) is 0 Å². The molecule has 1 saturated carbocycles. The van der Waals surface area contributed by atoms with Gasteiger partial charge in [-0.25, -0.2) is 4.79 Å². The Morgan fingerprint density at radius 3 is 2.90 bits per heavy atom. The van der Waals surface area contributed by atoms with Gasteiger partial charge < -0.3 is 10.1 Å². The Morgan fingerprint density at radius 1 is 1.40 bits per heavy atom. The number of thiophene rings is 1. The van der Waals surface area contributed by atoms with Crippen LogP contribution in [0.4, 0.5) is 0 Å². The molecule has 0 spiro atoms. The van der Waals surface area contributed by atoms with E-state index in [9.17, 15) is 9.59 Å². The fraction of sp³-hybridized carbons (Fsp3) is 0.600. The molecule has 0 aromatic carbocycles. The van der Waals surface area contributed by atoms with Crippen LogP contribution in [-0.2, 0) is 9.53 Å². The van der Waals surface area contributed by atoms with Crippen LogP contribution in [0.1, 0.15) is 42.8 Å². The van der Waals surface area contributed by atoms with Crippen LogP contribution in [0.3, 0.4) is 0 Å². The van der Waals surface area contributed by atoms with E-state index in [4.69, 9.17) is 4.74 Å².